The fourth-order valence-electron chi connectivity index (χ4n) is 2.04. The second kappa shape index (κ2) is 5.05. The van der Waals surface area contributed by atoms with Crippen LogP contribution in [-0.4, -0.2) is 17.6 Å². The molecule has 1 atom stereocenters. The summed E-state index contributed by atoms with van der Waals surface area (Å²) in [6, 6.07) is 0.656. The summed E-state index contributed by atoms with van der Waals surface area (Å²) in [5.41, 5.74) is 6.91. The summed E-state index contributed by atoms with van der Waals surface area (Å²) in [6.45, 7) is 3.92. The molecule has 0 bridgehead atoms. The Morgan fingerprint density at radius 3 is 3.20 bits per heavy atom. The Hall–Kier alpha value is -0.450. The summed E-state index contributed by atoms with van der Waals surface area (Å²) in [5.74, 6) is 0. The lowest BCUT2D eigenvalue weighted by atomic mass is 9.97. The third-order valence-electron chi connectivity index (χ3n) is 2.84. The number of fused-ring (bicyclic) bond motifs is 1. The number of nitrogens with zero attached hydrogens (tertiary/aromatic N) is 1. The van der Waals surface area contributed by atoms with Crippen LogP contribution < -0.4 is 11.1 Å². The summed E-state index contributed by atoms with van der Waals surface area (Å²) >= 11 is 1.80. The van der Waals surface area contributed by atoms with Crippen LogP contribution in [0.2, 0.25) is 0 Å². The predicted octanol–water partition coefficient (Wildman–Crippen LogP) is 1.46. The van der Waals surface area contributed by atoms with E-state index >= 15 is 0 Å². The van der Waals surface area contributed by atoms with Crippen molar-refractivity contribution in [3.63, 3.8) is 0 Å². The Morgan fingerprint density at radius 2 is 2.47 bits per heavy atom. The maximum Gasteiger partial charge on any atom is 0.107 e. The number of thiazole rings is 1. The minimum absolute atomic E-state index is 0.588. The van der Waals surface area contributed by atoms with E-state index in [1.165, 1.54) is 23.4 Å². The molecule has 0 saturated heterocycles. The quantitative estimate of drug-likeness (QED) is 0.815. The molecule has 84 valence electrons. The van der Waals surface area contributed by atoms with Crippen LogP contribution >= 0.6 is 11.3 Å². The number of nitrogens with two attached hydrogens (primary N) is 1. The van der Waals surface area contributed by atoms with Gasteiger partial charge in [-0.25, -0.2) is 4.98 Å². The third kappa shape index (κ3) is 2.56. The number of rotatable bonds is 4. The smallest absolute Gasteiger partial charge is 0.107 e. The molecule has 0 aromatic carbocycles. The van der Waals surface area contributed by atoms with E-state index in [9.17, 15) is 0 Å². The van der Waals surface area contributed by atoms with Crippen molar-refractivity contribution >= 4 is 11.3 Å². The van der Waals surface area contributed by atoms with Gasteiger partial charge in [0.25, 0.3) is 0 Å². The molecule has 0 spiro atoms. The van der Waals surface area contributed by atoms with Crippen molar-refractivity contribution in [3.05, 3.63) is 15.6 Å². The van der Waals surface area contributed by atoms with E-state index in [4.69, 9.17) is 5.73 Å². The van der Waals surface area contributed by atoms with Crippen molar-refractivity contribution in [2.45, 2.75) is 45.2 Å². The lowest BCUT2D eigenvalue weighted by molar-refractivity contribution is 0.459. The van der Waals surface area contributed by atoms with Gasteiger partial charge in [-0.2, -0.15) is 0 Å². The Balaban J connectivity index is 1.99. The first-order chi connectivity index (χ1) is 7.33. The fourth-order valence-corrected chi connectivity index (χ4v) is 3.11. The minimum Gasteiger partial charge on any atom is -0.325 e. The molecule has 0 radical (unpaired) electrons. The molecule has 1 aromatic rings. The van der Waals surface area contributed by atoms with Crippen molar-refractivity contribution < 1.29 is 0 Å². The summed E-state index contributed by atoms with van der Waals surface area (Å²) in [7, 11) is 0. The van der Waals surface area contributed by atoms with Gasteiger partial charge in [0.05, 0.1) is 5.69 Å². The molecule has 4 heteroatoms. The first-order valence-corrected chi connectivity index (χ1v) is 6.56. The summed E-state index contributed by atoms with van der Waals surface area (Å²) < 4.78 is 0. The van der Waals surface area contributed by atoms with Crippen LogP contribution in [0.3, 0.4) is 0 Å². The van der Waals surface area contributed by atoms with Gasteiger partial charge < -0.3 is 11.1 Å². The molecule has 15 heavy (non-hydrogen) atoms. The highest BCUT2D eigenvalue weighted by molar-refractivity contribution is 7.11. The minimum atomic E-state index is 0.588. The van der Waals surface area contributed by atoms with Gasteiger partial charge in [-0.1, -0.05) is 6.92 Å². The Bertz CT molecular complexity index is 322. The summed E-state index contributed by atoms with van der Waals surface area (Å²) in [6.07, 6.45) is 4.70. The van der Waals surface area contributed by atoms with Gasteiger partial charge in [-0.3, -0.25) is 0 Å². The topological polar surface area (TPSA) is 50.9 Å². The van der Waals surface area contributed by atoms with Gasteiger partial charge >= 0.3 is 0 Å². The van der Waals surface area contributed by atoms with Crippen molar-refractivity contribution in [1.82, 2.24) is 10.3 Å². The SMILES string of the molecule is CCCNC1CCc2nc(CN)sc2C1. The second-order valence-electron chi connectivity index (χ2n) is 4.08. The Morgan fingerprint density at radius 1 is 1.60 bits per heavy atom. The number of nitrogens with one attached hydrogen (secondary N) is 1. The maximum atomic E-state index is 5.61. The molecular formula is C11H19N3S. The molecule has 3 N–H and O–H groups in total. The molecular weight excluding hydrogens is 206 g/mol. The number of hydrogen-bond acceptors (Lipinski definition) is 4. The van der Waals surface area contributed by atoms with Crippen molar-refractivity contribution in [1.29, 1.82) is 0 Å². The standard InChI is InChI=1S/C11H19N3S/c1-2-5-13-8-3-4-9-10(6-8)15-11(7-12)14-9/h8,13H,2-7,12H2,1H3. The molecule has 0 saturated carbocycles. The molecule has 1 unspecified atom stereocenters. The van der Waals surface area contributed by atoms with Gasteiger partial charge in [-0.05, 0) is 32.2 Å². The van der Waals surface area contributed by atoms with Crippen molar-refractivity contribution in [3.8, 4) is 0 Å². The number of aromatic nitrogens is 1. The largest absolute Gasteiger partial charge is 0.325 e. The Kier molecular flexibility index (Phi) is 3.72. The molecule has 1 heterocycles. The van der Waals surface area contributed by atoms with Crippen molar-refractivity contribution in [2.75, 3.05) is 6.54 Å². The highest BCUT2D eigenvalue weighted by Crippen LogP contribution is 2.26. The zero-order valence-corrected chi connectivity index (χ0v) is 10.1. The third-order valence-corrected chi connectivity index (χ3v) is 3.98. The van der Waals surface area contributed by atoms with Crippen LogP contribution in [0.25, 0.3) is 0 Å². The second-order valence-corrected chi connectivity index (χ2v) is 5.24. The predicted molar refractivity (Wildman–Crippen MR) is 64.1 cm³/mol. The van der Waals surface area contributed by atoms with Gasteiger partial charge in [0.15, 0.2) is 0 Å². The zero-order chi connectivity index (χ0) is 10.7. The van der Waals surface area contributed by atoms with Gasteiger partial charge in [0.1, 0.15) is 5.01 Å². The first-order valence-electron chi connectivity index (χ1n) is 5.74. The average molecular weight is 225 g/mol. The van der Waals surface area contributed by atoms with Crippen LogP contribution in [0.4, 0.5) is 0 Å². The molecule has 0 aliphatic heterocycles. The molecule has 0 amide bonds. The highest BCUT2D eigenvalue weighted by atomic mass is 32.1. The van der Waals surface area contributed by atoms with E-state index in [1.54, 1.807) is 11.3 Å². The van der Waals surface area contributed by atoms with E-state index in [1.807, 2.05) is 0 Å². The lowest BCUT2D eigenvalue weighted by Crippen LogP contribution is -2.34. The molecule has 3 nitrogen and oxygen atoms in total. The van der Waals surface area contributed by atoms with Crippen LogP contribution in [0, 0.1) is 0 Å². The molecule has 1 aromatic heterocycles. The number of aryl methyl sites for hydroxylation is 1. The van der Waals surface area contributed by atoms with E-state index in [0.29, 0.717) is 12.6 Å². The van der Waals surface area contributed by atoms with E-state index < -0.39 is 0 Å². The first kappa shape index (κ1) is 11.0. The average Bonchev–Trinajstić information content (AvgIpc) is 2.68. The normalized spacial score (nSPS) is 20.3. The Labute approximate surface area is 95.1 Å². The van der Waals surface area contributed by atoms with E-state index in [0.717, 1.165) is 24.4 Å². The van der Waals surface area contributed by atoms with Crippen LogP contribution in [0.15, 0.2) is 0 Å². The summed E-state index contributed by atoms with van der Waals surface area (Å²) in [5, 5.41) is 4.68. The van der Waals surface area contributed by atoms with Gasteiger partial charge in [-0.15, -0.1) is 11.3 Å². The monoisotopic (exact) mass is 225 g/mol. The molecule has 2 rings (SSSR count). The van der Waals surface area contributed by atoms with Crippen LogP contribution in [0.1, 0.15) is 35.3 Å². The summed E-state index contributed by atoms with van der Waals surface area (Å²) in [4.78, 5) is 6.00. The highest BCUT2D eigenvalue weighted by Gasteiger charge is 2.21. The maximum absolute atomic E-state index is 5.61. The van der Waals surface area contributed by atoms with Crippen LogP contribution in [0.5, 0.6) is 0 Å². The van der Waals surface area contributed by atoms with Gasteiger partial charge in [0.2, 0.25) is 0 Å². The molecule has 1 aliphatic carbocycles. The molecule has 0 fully saturated rings. The zero-order valence-electron chi connectivity index (χ0n) is 9.25. The van der Waals surface area contributed by atoms with E-state index in [-0.39, 0.29) is 0 Å². The van der Waals surface area contributed by atoms with E-state index in [2.05, 4.69) is 17.2 Å². The van der Waals surface area contributed by atoms with Crippen molar-refractivity contribution in [2.24, 2.45) is 5.73 Å². The van der Waals surface area contributed by atoms with Crippen LogP contribution in [-0.2, 0) is 19.4 Å². The lowest BCUT2D eigenvalue weighted by Gasteiger charge is -2.22. The number of hydrogen-bond donors (Lipinski definition) is 2. The fraction of sp³-hybridized carbons (Fsp3) is 0.727. The van der Waals surface area contributed by atoms with Gasteiger partial charge in [0, 0.05) is 17.5 Å². The molecule has 1 aliphatic rings.